The van der Waals surface area contributed by atoms with Crippen molar-refractivity contribution in [3.63, 3.8) is 0 Å². The Morgan fingerprint density at radius 3 is 3.14 bits per heavy atom. The van der Waals surface area contributed by atoms with Gasteiger partial charge in [0.2, 0.25) is 0 Å². The minimum Gasteiger partial charge on any atom is -0.466 e. The molecule has 1 aromatic rings. The van der Waals surface area contributed by atoms with Crippen LogP contribution in [0.5, 0.6) is 0 Å². The first-order valence-electron chi connectivity index (χ1n) is 7.78. The van der Waals surface area contributed by atoms with Gasteiger partial charge >= 0.3 is 5.97 Å². The van der Waals surface area contributed by atoms with E-state index < -0.39 is 0 Å². The maximum atomic E-state index is 11.2. The summed E-state index contributed by atoms with van der Waals surface area (Å²) >= 11 is 0. The van der Waals surface area contributed by atoms with Crippen LogP contribution >= 0.6 is 0 Å². The van der Waals surface area contributed by atoms with Crippen LogP contribution < -0.4 is 5.32 Å². The van der Waals surface area contributed by atoms with E-state index in [9.17, 15) is 4.79 Å². The predicted molar refractivity (Wildman–Crippen MR) is 80.3 cm³/mol. The Morgan fingerprint density at radius 2 is 2.38 bits per heavy atom. The van der Waals surface area contributed by atoms with E-state index in [-0.39, 0.29) is 5.97 Å². The van der Waals surface area contributed by atoms with Gasteiger partial charge in [-0.2, -0.15) is 0 Å². The van der Waals surface area contributed by atoms with Gasteiger partial charge in [-0.05, 0) is 45.1 Å². The number of aryl methyl sites for hydroxylation is 1. The summed E-state index contributed by atoms with van der Waals surface area (Å²) in [6.07, 6.45) is 9.78. The highest BCUT2D eigenvalue weighted by atomic mass is 16.5. The molecule has 1 aromatic heterocycles. The molecule has 1 fully saturated rings. The molecule has 0 amide bonds. The third-order valence-corrected chi connectivity index (χ3v) is 3.43. The Kier molecular flexibility index (Phi) is 6.24. The first-order chi connectivity index (χ1) is 10.3. The van der Waals surface area contributed by atoms with E-state index in [1.807, 2.05) is 17.8 Å². The van der Waals surface area contributed by atoms with E-state index >= 15 is 0 Å². The fraction of sp³-hybridized carbons (Fsp3) is 0.667. The van der Waals surface area contributed by atoms with Crippen LogP contribution in [0.2, 0.25) is 0 Å². The van der Waals surface area contributed by atoms with Crippen molar-refractivity contribution in [3.8, 4) is 0 Å². The SMILES string of the molecule is CCOC(=O)CCCCn1cc(C=C2CCCCN2)nn1. The highest BCUT2D eigenvalue weighted by Gasteiger charge is 2.06. The van der Waals surface area contributed by atoms with Gasteiger partial charge in [0.05, 0.1) is 12.8 Å². The van der Waals surface area contributed by atoms with Crippen molar-refractivity contribution in [3.05, 3.63) is 17.6 Å². The van der Waals surface area contributed by atoms with Gasteiger partial charge < -0.3 is 10.1 Å². The minimum absolute atomic E-state index is 0.120. The van der Waals surface area contributed by atoms with Crippen molar-refractivity contribution < 1.29 is 9.53 Å². The van der Waals surface area contributed by atoms with Crippen LogP contribution in [0.1, 0.15) is 51.1 Å². The zero-order valence-corrected chi connectivity index (χ0v) is 12.7. The number of esters is 1. The van der Waals surface area contributed by atoms with Gasteiger partial charge in [0.15, 0.2) is 0 Å². The largest absolute Gasteiger partial charge is 0.466 e. The molecule has 1 saturated heterocycles. The zero-order chi connectivity index (χ0) is 14.9. The molecule has 6 heteroatoms. The minimum atomic E-state index is -0.120. The summed E-state index contributed by atoms with van der Waals surface area (Å²) in [7, 11) is 0. The van der Waals surface area contributed by atoms with Gasteiger partial charge in [0, 0.05) is 25.2 Å². The standard InChI is InChI=1S/C15H24N4O2/c1-2-21-15(20)8-4-6-10-19-12-14(17-18-19)11-13-7-3-5-9-16-13/h11-12,16H,2-10H2,1H3. The van der Waals surface area contributed by atoms with E-state index in [0.717, 1.165) is 38.0 Å². The average Bonchev–Trinajstić information content (AvgIpc) is 2.92. The van der Waals surface area contributed by atoms with Gasteiger partial charge in [-0.25, -0.2) is 0 Å². The van der Waals surface area contributed by atoms with Gasteiger partial charge in [-0.1, -0.05) is 5.21 Å². The van der Waals surface area contributed by atoms with E-state index in [2.05, 4.69) is 21.7 Å². The Bertz CT molecular complexity index is 474. The molecule has 116 valence electrons. The maximum absolute atomic E-state index is 11.2. The van der Waals surface area contributed by atoms with E-state index in [1.165, 1.54) is 18.5 Å². The maximum Gasteiger partial charge on any atom is 0.305 e. The number of rotatable bonds is 7. The number of carbonyl (C=O) groups is 1. The second-order valence-corrected chi connectivity index (χ2v) is 5.22. The van der Waals surface area contributed by atoms with Crippen molar-refractivity contribution in [1.82, 2.24) is 20.3 Å². The van der Waals surface area contributed by atoms with E-state index in [4.69, 9.17) is 4.74 Å². The molecular weight excluding hydrogens is 268 g/mol. The van der Waals surface area contributed by atoms with E-state index in [1.54, 1.807) is 0 Å². The van der Waals surface area contributed by atoms with Crippen LogP contribution in [0.15, 0.2) is 11.9 Å². The van der Waals surface area contributed by atoms with Crippen LogP contribution in [0, 0.1) is 0 Å². The summed E-state index contributed by atoms with van der Waals surface area (Å²) in [5, 5.41) is 11.7. The number of aromatic nitrogens is 3. The lowest BCUT2D eigenvalue weighted by molar-refractivity contribution is -0.143. The monoisotopic (exact) mass is 292 g/mol. The number of unbranched alkanes of at least 4 members (excludes halogenated alkanes) is 1. The molecule has 0 atom stereocenters. The van der Waals surface area contributed by atoms with Crippen LogP contribution in [-0.2, 0) is 16.1 Å². The number of carbonyl (C=O) groups excluding carboxylic acids is 1. The van der Waals surface area contributed by atoms with Crippen molar-refractivity contribution in [2.75, 3.05) is 13.2 Å². The Balaban J connectivity index is 1.71. The van der Waals surface area contributed by atoms with E-state index in [0.29, 0.717) is 13.0 Å². The smallest absolute Gasteiger partial charge is 0.305 e. The van der Waals surface area contributed by atoms with Gasteiger partial charge in [-0.3, -0.25) is 9.48 Å². The molecule has 6 nitrogen and oxygen atoms in total. The third-order valence-electron chi connectivity index (χ3n) is 3.43. The molecule has 1 N–H and O–H groups in total. The molecule has 1 aliphatic heterocycles. The second kappa shape index (κ2) is 8.44. The zero-order valence-electron chi connectivity index (χ0n) is 12.7. The first kappa shape index (κ1) is 15.5. The number of piperidine rings is 1. The third kappa shape index (κ3) is 5.57. The lowest BCUT2D eigenvalue weighted by atomic mass is 10.1. The summed E-state index contributed by atoms with van der Waals surface area (Å²) in [4.78, 5) is 11.2. The summed E-state index contributed by atoms with van der Waals surface area (Å²) in [5.74, 6) is -0.120. The number of allylic oxidation sites excluding steroid dienone is 1. The summed E-state index contributed by atoms with van der Waals surface area (Å²) in [5.41, 5.74) is 2.14. The first-order valence-corrected chi connectivity index (χ1v) is 7.78. The number of ether oxygens (including phenoxy) is 1. The van der Waals surface area contributed by atoms with Crippen molar-refractivity contribution >= 4 is 12.0 Å². The number of nitrogens with zero attached hydrogens (tertiary/aromatic N) is 3. The number of nitrogens with one attached hydrogen (secondary N) is 1. The molecular formula is C15H24N4O2. The molecule has 0 radical (unpaired) electrons. The van der Waals surface area contributed by atoms with Gasteiger partial charge in [-0.15, -0.1) is 5.10 Å². The van der Waals surface area contributed by atoms with Gasteiger partial charge in [0.25, 0.3) is 0 Å². The van der Waals surface area contributed by atoms with Gasteiger partial charge in [0.1, 0.15) is 5.69 Å². The summed E-state index contributed by atoms with van der Waals surface area (Å²) < 4.78 is 6.73. The fourth-order valence-corrected chi connectivity index (χ4v) is 2.34. The quantitative estimate of drug-likeness (QED) is 0.616. The Morgan fingerprint density at radius 1 is 1.48 bits per heavy atom. The molecule has 0 saturated carbocycles. The average molecular weight is 292 g/mol. The number of hydrogen-bond acceptors (Lipinski definition) is 5. The fourth-order valence-electron chi connectivity index (χ4n) is 2.34. The normalized spacial score (nSPS) is 16.7. The molecule has 0 spiro atoms. The molecule has 2 rings (SSSR count). The lowest BCUT2D eigenvalue weighted by Crippen LogP contribution is -2.19. The van der Waals surface area contributed by atoms with Crippen LogP contribution in [-0.4, -0.2) is 34.1 Å². The lowest BCUT2D eigenvalue weighted by Gasteiger charge is -2.15. The van der Waals surface area contributed by atoms with Crippen LogP contribution in [0.4, 0.5) is 0 Å². The molecule has 21 heavy (non-hydrogen) atoms. The molecule has 0 aliphatic carbocycles. The van der Waals surface area contributed by atoms with Crippen molar-refractivity contribution in [2.24, 2.45) is 0 Å². The topological polar surface area (TPSA) is 69.0 Å². The highest BCUT2D eigenvalue weighted by Crippen LogP contribution is 2.13. The van der Waals surface area contributed by atoms with Crippen LogP contribution in [0.3, 0.4) is 0 Å². The van der Waals surface area contributed by atoms with Crippen LogP contribution in [0.25, 0.3) is 6.08 Å². The van der Waals surface area contributed by atoms with Crippen molar-refractivity contribution in [2.45, 2.75) is 52.0 Å². The van der Waals surface area contributed by atoms with Crippen molar-refractivity contribution in [1.29, 1.82) is 0 Å². The molecule has 0 aromatic carbocycles. The summed E-state index contributed by atoms with van der Waals surface area (Å²) in [6, 6.07) is 0. The predicted octanol–water partition coefficient (Wildman–Crippen LogP) is 2.13. The Labute approximate surface area is 125 Å². The molecule has 0 bridgehead atoms. The Hall–Kier alpha value is -1.85. The highest BCUT2D eigenvalue weighted by molar-refractivity contribution is 5.69. The molecule has 0 unspecified atom stereocenters. The number of hydrogen-bond donors (Lipinski definition) is 1. The summed E-state index contributed by atoms with van der Waals surface area (Å²) in [6.45, 7) is 4.11. The molecule has 2 heterocycles. The second-order valence-electron chi connectivity index (χ2n) is 5.22. The molecule has 1 aliphatic rings.